The molecule has 2 aromatic carbocycles. The zero-order valence-corrected chi connectivity index (χ0v) is 20.4. The maximum atomic E-state index is 13.0. The first-order valence-electron chi connectivity index (χ1n) is 10.3. The average Bonchev–Trinajstić information content (AvgIpc) is 3.23. The van der Waals surface area contributed by atoms with Gasteiger partial charge in [-0.15, -0.1) is 0 Å². The third kappa shape index (κ3) is 4.38. The van der Waals surface area contributed by atoms with Crippen LogP contribution in [0.1, 0.15) is 21.7 Å². The van der Waals surface area contributed by atoms with Crippen LogP contribution >= 0.6 is 15.9 Å². The van der Waals surface area contributed by atoms with E-state index in [0.29, 0.717) is 41.5 Å². The number of aromatic carboxylic acids is 1. The number of amides is 2. The molecule has 4 rings (SSSR count). The van der Waals surface area contributed by atoms with E-state index in [1.54, 1.807) is 21.7 Å². The van der Waals surface area contributed by atoms with E-state index in [2.05, 4.69) is 26.3 Å². The number of fused-ring (bicyclic) bond motifs is 1. The second kappa shape index (κ2) is 9.64. The summed E-state index contributed by atoms with van der Waals surface area (Å²) in [5.74, 6) is 0.0834. The molecule has 2 N–H and O–H groups in total. The van der Waals surface area contributed by atoms with Crippen LogP contribution in [-0.4, -0.2) is 59.7 Å². The monoisotopic (exact) mass is 530 g/mol. The van der Waals surface area contributed by atoms with Crippen LogP contribution < -0.4 is 19.5 Å². The van der Waals surface area contributed by atoms with Gasteiger partial charge in [-0.1, -0.05) is 15.9 Å². The Balaban J connectivity index is 1.60. The number of nitrogens with one attached hydrogen (secondary N) is 1. The van der Waals surface area contributed by atoms with E-state index >= 15 is 0 Å². The van der Waals surface area contributed by atoms with Crippen molar-refractivity contribution in [3.05, 3.63) is 57.8 Å². The topological polar surface area (TPSA) is 115 Å². The van der Waals surface area contributed by atoms with Crippen molar-refractivity contribution >= 4 is 33.6 Å². The molecule has 2 amide bonds. The van der Waals surface area contributed by atoms with E-state index in [1.807, 2.05) is 24.3 Å². The molecule has 1 aromatic heterocycles. The fraction of sp³-hybridized carbons (Fsp3) is 0.261. The van der Waals surface area contributed by atoms with Gasteiger partial charge in [-0.2, -0.15) is 5.10 Å². The maximum absolute atomic E-state index is 13.0. The zero-order valence-electron chi connectivity index (χ0n) is 18.8. The number of carbonyl (C=O) groups excluding carboxylic acids is 1. The minimum absolute atomic E-state index is 0.0665. The number of rotatable bonds is 6. The predicted molar refractivity (Wildman–Crippen MR) is 127 cm³/mol. The van der Waals surface area contributed by atoms with Crippen molar-refractivity contribution in [2.75, 3.05) is 33.2 Å². The minimum Gasteiger partial charge on any atom is -0.493 e. The number of nitrogens with zero attached hydrogens (tertiary/aromatic N) is 3. The van der Waals surface area contributed by atoms with Gasteiger partial charge < -0.3 is 29.5 Å². The molecule has 0 bridgehead atoms. The standard InChI is InChI=1S/C23H23BrN4O6/c1-32-18-10-14(11-19(33-2)21(18)34-3)25-23(31)27-9-8-17-16(12-27)20(22(29)30)26-28(17)15-6-4-13(24)5-7-15/h4-7,10-11H,8-9,12H2,1-3H3,(H,25,31)(H,29,30). The van der Waals surface area contributed by atoms with E-state index in [-0.39, 0.29) is 18.3 Å². The molecule has 0 saturated heterocycles. The van der Waals surface area contributed by atoms with Crippen LogP contribution in [0.25, 0.3) is 5.69 Å². The highest BCUT2D eigenvalue weighted by atomic mass is 79.9. The first-order valence-corrected chi connectivity index (χ1v) is 11.1. The van der Waals surface area contributed by atoms with Gasteiger partial charge in [0.05, 0.1) is 44.9 Å². The van der Waals surface area contributed by atoms with Gasteiger partial charge in [0.25, 0.3) is 0 Å². The quantitative estimate of drug-likeness (QED) is 0.495. The van der Waals surface area contributed by atoms with E-state index in [0.717, 1.165) is 15.9 Å². The maximum Gasteiger partial charge on any atom is 0.356 e. The summed E-state index contributed by atoms with van der Waals surface area (Å²) >= 11 is 3.40. The number of carboxylic acids is 1. The Kier molecular flexibility index (Phi) is 6.64. The molecule has 0 aliphatic carbocycles. The molecule has 34 heavy (non-hydrogen) atoms. The summed E-state index contributed by atoms with van der Waals surface area (Å²) in [6, 6.07) is 10.3. The van der Waals surface area contributed by atoms with E-state index in [9.17, 15) is 14.7 Å². The van der Waals surface area contributed by atoms with Crippen LogP contribution in [0, 0.1) is 0 Å². The highest BCUT2D eigenvalue weighted by Gasteiger charge is 2.31. The van der Waals surface area contributed by atoms with Gasteiger partial charge >= 0.3 is 12.0 Å². The number of benzene rings is 2. The van der Waals surface area contributed by atoms with Crippen LogP contribution in [0.2, 0.25) is 0 Å². The molecule has 0 radical (unpaired) electrons. The summed E-state index contributed by atoms with van der Waals surface area (Å²) in [5.41, 5.74) is 2.43. The number of methoxy groups -OCH3 is 3. The number of hydrogen-bond donors (Lipinski definition) is 2. The lowest BCUT2D eigenvalue weighted by Gasteiger charge is -2.28. The SMILES string of the molecule is COc1cc(NC(=O)N2CCc3c(c(C(=O)O)nn3-c3ccc(Br)cc3)C2)cc(OC)c1OC. The zero-order chi connectivity index (χ0) is 24.4. The van der Waals surface area contributed by atoms with E-state index in [1.165, 1.54) is 21.3 Å². The van der Waals surface area contributed by atoms with Crippen LogP contribution in [0.5, 0.6) is 17.2 Å². The number of carboxylic acid groups (broad SMARTS) is 1. The molecule has 178 valence electrons. The summed E-state index contributed by atoms with van der Waals surface area (Å²) in [6.45, 7) is 0.508. The van der Waals surface area contributed by atoms with Crippen molar-refractivity contribution in [1.29, 1.82) is 0 Å². The number of carbonyl (C=O) groups is 2. The third-order valence-electron chi connectivity index (χ3n) is 5.53. The van der Waals surface area contributed by atoms with Crippen LogP contribution in [-0.2, 0) is 13.0 Å². The number of urea groups is 1. The van der Waals surface area contributed by atoms with E-state index < -0.39 is 5.97 Å². The molecule has 0 saturated carbocycles. The Labute approximate surface area is 204 Å². The Bertz CT molecular complexity index is 1220. The minimum atomic E-state index is -1.14. The van der Waals surface area contributed by atoms with Crippen LogP contribution in [0.15, 0.2) is 40.9 Å². The van der Waals surface area contributed by atoms with Gasteiger partial charge in [0.15, 0.2) is 17.2 Å². The number of hydrogen-bond acceptors (Lipinski definition) is 6. The average molecular weight is 531 g/mol. The third-order valence-corrected chi connectivity index (χ3v) is 6.06. The van der Waals surface area contributed by atoms with Crippen molar-refractivity contribution < 1.29 is 28.9 Å². The normalized spacial score (nSPS) is 12.6. The van der Waals surface area contributed by atoms with Gasteiger partial charge in [-0.25, -0.2) is 14.3 Å². The summed E-state index contributed by atoms with van der Waals surface area (Å²) < 4.78 is 18.5. The largest absolute Gasteiger partial charge is 0.493 e. The highest BCUT2D eigenvalue weighted by molar-refractivity contribution is 9.10. The molecule has 1 aliphatic heterocycles. The number of ether oxygens (including phenoxy) is 3. The Morgan fingerprint density at radius 3 is 2.26 bits per heavy atom. The second-order valence-electron chi connectivity index (χ2n) is 7.48. The molecule has 11 heteroatoms. The molecular formula is C23H23BrN4O6. The van der Waals surface area contributed by atoms with Crippen molar-refractivity contribution in [2.24, 2.45) is 0 Å². The molecule has 2 heterocycles. The molecule has 0 spiro atoms. The summed E-state index contributed by atoms with van der Waals surface area (Å²) in [5, 5.41) is 16.9. The van der Waals surface area contributed by atoms with E-state index in [4.69, 9.17) is 14.2 Å². The second-order valence-corrected chi connectivity index (χ2v) is 8.40. The molecule has 10 nitrogen and oxygen atoms in total. The first kappa shape index (κ1) is 23.4. The fourth-order valence-electron chi connectivity index (χ4n) is 3.92. The van der Waals surface area contributed by atoms with Crippen LogP contribution in [0.3, 0.4) is 0 Å². The Morgan fingerprint density at radius 2 is 1.71 bits per heavy atom. The molecule has 0 atom stereocenters. The van der Waals surface area contributed by atoms with Crippen molar-refractivity contribution in [2.45, 2.75) is 13.0 Å². The lowest BCUT2D eigenvalue weighted by Crippen LogP contribution is -2.39. The number of anilines is 1. The van der Waals surface area contributed by atoms with Crippen molar-refractivity contribution in [3.8, 4) is 22.9 Å². The fourth-order valence-corrected chi connectivity index (χ4v) is 4.18. The van der Waals surface area contributed by atoms with Gasteiger partial charge in [0, 0.05) is 35.1 Å². The summed E-state index contributed by atoms with van der Waals surface area (Å²) in [7, 11) is 4.48. The lowest BCUT2D eigenvalue weighted by atomic mass is 10.1. The molecule has 0 unspecified atom stereocenters. The summed E-state index contributed by atoms with van der Waals surface area (Å²) in [6.07, 6.45) is 0.453. The van der Waals surface area contributed by atoms with Gasteiger partial charge in [-0.05, 0) is 24.3 Å². The number of aromatic nitrogens is 2. The van der Waals surface area contributed by atoms with Crippen LogP contribution in [0.4, 0.5) is 10.5 Å². The summed E-state index contributed by atoms with van der Waals surface area (Å²) in [4.78, 5) is 26.5. The van der Waals surface area contributed by atoms with Crippen molar-refractivity contribution in [3.63, 3.8) is 0 Å². The van der Waals surface area contributed by atoms with Gasteiger partial charge in [0.2, 0.25) is 5.75 Å². The Hall–Kier alpha value is -3.73. The Morgan fingerprint density at radius 1 is 1.06 bits per heavy atom. The highest BCUT2D eigenvalue weighted by Crippen LogP contribution is 2.40. The number of halogens is 1. The van der Waals surface area contributed by atoms with Crippen molar-refractivity contribution in [1.82, 2.24) is 14.7 Å². The van der Waals surface area contributed by atoms with Gasteiger partial charge in [0.1, 0.15) is 0 Å². The van der Waals surface area contributed by atoms with Gasteiger partial charge in [-0.3, -0.25) is 0 Å². The molecule has 0 fully saturated rings. The lowest BCUT2D eigenvalue weighted by molar-refractivity contribution is 0.0687. The first-order chi connectivity index (χ1) is 16.4. The molecule has 3 aromatic rings. The molecular weight excluding hydrogens is 508 g/mol. The smallest absolute Gasteiger partial charge is 0.356 e. The molecule has 1 aliphatic rings. The predicted octanol–water partition coefficient (Wildman–Crippen LogP) is 3.95.